The fraction of sp³-hybridized carbons (Fsp3) is 0.712. The van der Waals surface area contributed by atoms with Crippen molar-refractivity contribution in [1.82, 2.24) is 0 Å². The van der Waals surface area contributed by atoms with Gasteiger partial charge in [0.15, 0.2) is 0 Å². The molecule has 0 aromatic heterocycles. The molecule has 0 radical (unpaired) electrons. The summed E-state index contributed by atoms with van der Waals surface area (Å²) in [5.74, 6) is -0.495. The van der Waals surface area contributed by atoms with Crippen molar-refractivity contribution in [2.45, 2.75) is 217 Å². The summed E-state index contributed by atoms with van der Waals surface area (Å²) in [6, 6.07) is 0. The van der Waals surface area contributed by atoms with Crippen LogP contribution in [0.5, 0.6) is 0 Å². The Morgan fingerprint density at radius 2 is 0.908 bits per heavy atom. The van der Waals surface area contributed by atoms with E-state index in [4.69, 9.17) is 18.5 Å². The standard InChI is InChI=1S/C52H89O12P/c1-3-5-7-9-11-13-15-17-19-20-21-22-23-24-25-26-27-28-30-32-34-36-38-40-42-61-43-45(44-62-65(59,60)64-52-50(57)48(55)47(54)49(56)51(52)58)63-46(53)41-39-37-35-33-31-29-18-16-14-12-10-8-6-4-2/h5,7,11,13,17,19,21-22,24-25,27-28,32,34,45,47-52,54-58H,3-4,6,8-10,12,14-16,18,20,23,26,29-31,33,35-44H2,1-2H3,(H,59,60)/b7-5-,13-11-,19-17-,22-21-,25-24-,28-27-,34-32-. The topological polar surface area (TPSA) is 192 Å². The highest BCUT2D eigenvalue weighted by atomic mass is 31.2. The maximum atomic E-state index is 12.8. The average molecular weight is 937 g/mol. The van der Waals surface area contributed by atoms with E-state index in [-0.39, 0.29) is 13.0 Å². The molecule has 6 unspecified atom stereocenters. The van der Waals surface area contributed by atoms with Crippen molar-refractivity contribution < 1.29 is 58.3 Å². The van der Waals surface area contributed by atoms with E-state index < -0.39 is 63.1 Å². The normalized spacial score (nSPS) is 22.3. The van der Waals surface area contributed by atoms with Gasteiger partial charge in [-0.25, -0.2) is 4.57 Å². The van der Waals surface area contributed by atoms with Gasteiger partial charge in [0.25, 0.3) is 0 Å². The molecule has 0 saturated heterocycles. The molecule has 13 heteroatoms. The Labute approximate surface area is 392 Å². The minimum atomic E-state index is -5.04. The fourth-order valence-corrected chi connectivity index (χ4v) is 8.07. The summed E-state index contributed by atoms with van der Waals surface area (Å²) in [4.78, 5) is 23.2. The molecule has 0 aromatic carbocycles. The number of hydrogen-bond acceptors (Lipinski definition) is 11. The third-order valence-corrected chi connectivity index (χ3v) is 12.0. The van der Waals surface area contributed by atoms with Gasteiger partial charge in [0, 0.05) is 13.0 Å². The second kappa shape index (κ2) is 41.7. The third kappa shape index (κ3) is 33.6. The summed E-state index contributed by atoms with van der Waals surface area (Å²) in [5, 5.41) is 50.2. The second-order valence-electron chi connectivity index (χ2n) is 16.9. The number of aliphatic hydroxyl groups excluding tert-OH is 5. The van der Waals surface area contributed by atoms with E-state index in [0.717, 1.165) is 83.5 Å². The molecule has 6 N–H and O–H groups in total. The highest BCUT2D eigenvalue weighted by molar-refractivity contribution is 7.47. The maximum Gasteiger partial charge on any atom is 0.472 e. The SMILES string of the molecule is CC/C=C\C/C=C\C/C=C\C/C=C\C/C=C\C/C=C\C/C=C\CCCCOCC(COP(=O)(O)OC1C(O)C(O)C(O)C(O)C1O)OC(=O)CCCCCCCCCCCCCCCC. The van der Waals surface area contributed by atoms with Crippen LogP contribution >= 0.6 is 7.82 Å². The zero-order valence-electron chi connectivity index (χ0n) is 40.0. The summed E-state index contributed by atoms with van der Waals surface area (Å²) in [5.41, 5.74) is 0. The number of phosphoric acid groups is 1. The number of aliphatic hydroxyl groups is 5. The number of allylic oxidation sites excluding steroid dienone is 14. The summed E-state index contributed by atoms with van der Waals surface area (Å²) in [7, 11) is -5.04. The van der Waals surface area contributed by atoms with Crippen molar-refractivity contribution >= 4 is 13.8 Å². The molecular formula is C52H89O12P. The van der Waals surface area contributed by atoms with E-state index in [2.05, 4.69) is 98.9 Å². The number of esters is 1. The molecule has 1 saturated carbocycles. The molecule has 1 aliphatic rings. The molecule has 65 heavy (non-hydrogen) atoms. The average Bonchev–Trinajstić information content (AvgIpc) is 3.29. The third-order valence-electron chi connectivity index (χ3n) is 11.0. The molecule has 0 amide bonds. The van der Waals surface area contributed by atoms with E-state index >= 15 is 0 Å². The van der Waals surface area contributed by atoms with Crippen LogP contribution in [0.1, 0.15) is 174 Å². The number of ether oxygens (including phenoxy) is 2. The van der Waals surface area contributed by atoms with Gasteiger partial charge in [-0.15, -0.1) is 0 Å². The zero-order valence-corrected chi connectivity index (χ0v) is 40.9. The molecule has 374 valence electrons. The molecule has 0 spiro atoms. The van der Waals surface area contributed by atoms with Gasteiger partial charge in [-0.2, -0.15) is 0 Å². The molecule has 6 atom stereocenters. The van der Waals surface area contributed by atoms with Crippen molar-refractivity contribution in [3.63, 3.8) is 0 Å². The van der Waals surface area contributed by atoms with Gasteiger partial charge in [-0.05, 0) is 70.6 Å². The lowest BCUT2D eigenvalue weighted by atomic mass is 9.85. The first-order chi connectivity index (χ1) is 31.5. The van der Waals surface area contributed by atoms with Gasteiger partial charge in [0.05, 0.1) is 13.2 Å². The Kier molecular flexibility index (Phi) is 38.8. The van der Waals surface area contributed by atoms with E-state index in [1.807, 2.05) is 0 Å². The van der Waals surface area contributed by atoms with E-state index in [9.17, 15) is 39.8 Å². The quantitative estimate of drug-likeness (QED) is 0.0147. The van der Waals surface area contributed by atoms with Crippen LogP contribution in [0.4, 0.5) is 0 Å². The lowest BCUT2D eigenvalue weighted by molar-refractivity contribution is -0.220. The molecule has 1 fully saturated rings. The van der Waals surface area contributed by atoms with Crippen LogP contribution in [0.2, 0.25) is 0 Å². The first-order valence-electron chi connectivity index (χ1n) is 24.9. The minimum absolute atomic E-state index is 0.110. The zero-order chi connectivity index (χ0) is 47.6. The molecular weight excluding hydrogens is 848 g/mol. The van der Waals surface area contributed by atoms with Crippen molar-refractivity contribution in [3.8, 4) is 0 Å². The number of carbonyl (C=O) groups is 1. The van der Waals surface area contributed by atoms with Crippen molar-refractivity contribution in [2.75, 3.05) is 19.8 Å². The number of phosphoric ester groups is 1. The van der Waals surface area contributed by atoms with Crippen LogP contribution < -0.4 is 0 Å². The van der Waals surface area contributed by atoms with Crippen molar-refractivity contribution in [2.24, 2.45) is 0 Å². The summed E-state index contributed by atoms with van der Waals surface area (Å²) in [6.07, 6.45) is 43.7. The Balaban J connectivity index is 2.39. The minimum Gasteiger partial charge on any atom is -0.457 e. The van der Waals surface area contributed by atoms with Crippen LogP contribution in [0.25, 0.3) is 0 Å². The Hall–Kier alpha value is -2.48. The van der Waals surface area contributed by atoms with Gasteiger partial charge < -0.3 is 39.9 Å². The monoisotopic (exact) mass is 937 g/mol. The predicted molar refractivity (Wildman–Crippen MR) is 262 cm³/mol. The largest absolute Gasteiger partial charge is 0.472 e. The second-order valence-corrected chi connectivity index (χ2v) is 18.3. The molecule has 12 nitrogen and oxygen atoms in total. The summed E-state index contributed by atoms with van der Waals surface area (Å²) < 4.78 is 34.2. The van der Waals surface area contributed by atoms with Gasteiger partial charge >= 0.3 is 13.8 Å². The molecule has 1 rings (SSSR count). The highest BCUT2D eigenvalue weighted by Gasteiger charge is 2.51. The first kappa shape index (κ1) is 60.5. The number of unbranched alkanes of at least 4 members (excludes halogenated alkanes) is 15. The lowest BCUT2D eigenvalue weighted by Gasteiger charge is -2.41. The van der Waals surface area contributed by atoms with E-state index in [1.165, 1.54) is 64.2 Å². The number of rotatable bonds is 41. The van der Waals surface area contributed by atoms with Crippen molar-refractivity contribution in [3.05, 3.63) is 85.1 Å². The van der Waals surface area contributed by atoms with Gasteiger partial charge in [0.1, 0.15) is 42.7 Å². The summed E-state index contributed by atoms with van der Waals surface area (Å²) in [6.45, 7) is 4.04. The molecule has 0 heterocycles. The Bertz CT molecular complexity index is 1390. The molecule has 1 aliphatic carbocycles. The Morgan fingerprint density at radius 3 is 1.35 bits per heavy atom. The van der Waals surface area contributed by atoms with Crippen LogP contribution in [0.3, 0.4) is 0 Å². The number of hydrogen-bond donors (Lipinski definition) is 6. The molecule has 0 bridgehead atoms. The van der Waals surface area contributed by atoms with Crippen LogP contribution in [0, 0.1) is 0 Å². The Morgan fingerprint density at radius 1 is 0.508 bits per heavy atom. The molecule has 0 aliphatic heterocycles. The number of carbonyl (C=O) groups excluding carboxylic acids is 1. The smallest absolute Gasteiger partial charge is 0.457 e. The highest BCUT2D eigenvalue weighted by Crippen LogP contribution is 2.47. The van der Waals surface area contributed by atoms with E-state index in [1.54, 1.807) is 0 Å². The van der Waals surface area contributed by atoms with Gasteiger partial charge in [-0.3, -0.25) is 13.8 Å². The lowest BCUT2D eigenvalue weighted by Crippen LogP contribution is -2.64. The predicted octanol–water partition coefficient (Wildman–Crippen LogP) is 10.9. The first-order valence-corrected chi connectivity index (χ1v) is 26.4. The van der Waals surface area contributed by atoms with E-state index in [0.29, 0.717) is 13.0 Å². The van der Waals surface area contributed by atoms with Crippen LogP contribution in [0.15, 0.2) is 85.1 Å². The van der Waals surface area contributed by atoms with Crippen molar-refractivity contribution in [1.29, 1.82) is 0 Å². The van der Waals surface area contributed by atoms with Gasteiger partial charge in [-0.1, -0.05) is 182 Å². The summed E-state index contributed by atoms with van der Waals surface area (Å²) >= 11 is 0. The molecule has 0 aromatic rings. The fourth-order valence-electron chi connectivity index (χ4n) is 7.10. The van der Waals surface area contributed by atoms with Gasteiger partial charge in [0.2, 0.25) is 0 Å². The van der Waals surface area contributed by atoms with Crippen LogP contribution in [-0.2, 0) is 27.9 Å². The van der Waals surface area contributed by atoms with Crippen LogP contribution in [-0.4, -0.2) is 98.9 Å². The maximum absolute atomic E-state index is 12.8.